The predicted molar refractivity (Wildman–Crippen MR) is 120 cm³/mol. The fourth-order valence-electron chi connectivity index (χ4n) is 3.66. The molecule has 7 heteroatoms. The molecule has 3 aromatic carbocycles. The van der Waals surface area contributed by atoms with E-state index in [0.29, 0.717) is 46.2 Å². The number of nitrogens with zero attached hydrogens (tertiary/aromatic N) is 1. The van der Waals surface area contributed by atoms with Crippen LogP contribution >= 0.6 is 0 Å². The number of ether oxygens (including phenoxy) is 1. The summed E-state index contributed by atoms with van der Waals surface area (Å²) in [6, 6.07) is 14.6. The summed E-state index contributed by atoms with van der Waals surface area (Å²) >= 11 is 0. The summed E-state index contributed by atoms with van der Waals surface area (Å²) in [6.07, 6.45) is 0.733. The first-order valence-electron chi connectivity index (χ1n) is 10.7. The molecule has 4 rings (SSSR count). The average molecular weight is 469 g/mol. The van der Waals surface area contributed by atoms with Gasteiger partial charge in [-0.2, -0.15) is 4.79 Å². The number of halogens is 5. The molecule has 0 amide bonds. The Kier molecular flexibility index (Phi) is 6.87. The standard InChI is InChI=1S/C27H20F5NO/c1-17-15-20-6-4-5-19(27(20)33(17)32)11-8-18-9-12-21(13-10-18)34-14-3-2-7-22-23(28)16-24(29)26(31)25(22)30/h4-6,9-10,12-13,15-16H,2-3,7,14H2,1H3. The molecule has 0 atom stereocenters. The van der Waals surface area contributed by atoms with Crippen LogP contribution in [0.4, 0.5) is 22.0 Å². The van der Waals surface area contributed by atoms with Crippen LogP contribution in [-0.2, 0) is 6.42 Å². The highest BCUT2D eigenvalue weighted by Crippen LogP contribution is 2.23. The van der Waals surface area contributed by atoms with Crippen LogP contribution in [-0.4, -0.2) is 11.4 Å². The van der Waals surface area contributed by atoms with Crippen LogP contribution in [0.2, 0.25) is 0 Å². The molecule has 0 aliphatic carbocycles. The predicted octanol–water partition coefficient (Wildman–Crippen LogP) is 7.04. The third-order valence-electron chi connectivity index (χ3n) is 5.43. The van der Waals surface area contributed by atoms with Crippen LogP contribution in [0.1, 0.15) is 35.2 Å². The minimum atomic E-state index is -1.67. The number of benzene rings is 3. The minimum Gasteiger partial charge on any atom is -0.494 e. The Labute approximate surface area is 193 Å². The van der Waals surface area contributed by atoms with Crippen molar-refractivity contribution in [3.63, 3.8) is 0 Å². The van der Waals surface area contributed by atoms with Crippen LogP contribution in [0.5, 0.6) is 5.75 Å². The molecule has 0 spiro atoms. The summed E-state index contributed by atoms with van der Waals surface area (Å²) in [5, 5.41) is 0.783. The fourth-order valence-corrected chi connectivity index (χ4v) is 3.66. The first kappa shape index (κ1) is 23.4. The van der Waals surface area contributed by atoms with Gasteiger partial charge < -0.3 is 4.74 Å². The molecular formula is C27H20F5NO. The Morgan fingerprint density at radius 2 is 1.62 bits per heavy atom. The van der Waals surface area contributed by atoms with Crippen molar-refractivity contribution in [1.82, 2.24) is 4.79 Å². The van der Waals surface area contributed by atoms with Crippen LogP contribution < -0.4 is 4.74 Å². The number of aromatic nitrogens is 1. The summed E-state index contributed by atoms with van der Waals surface area (Å²) in [4.78, 5) is 0.631. The Morgan fingerprint density at radius 1 is 0.853 bits per heavy atom. The van der Waals surface area contributed by atoms with Gasteiger partial charge in [0.1, 0.15) is 11.6 Å². The maximum atomic E-state index is 14.3. The molecule has 34 heavy (non-hydrogen) atoms. The van der Waals surface area contributed by atoms with Crippen LogP contribution in [0.15, 0.2) is 54.6 Å². The molecule has 0 bridgehead atoms. The number of fused-ring (bicyclic) bond motifs is 1. The number of rotatable bonds is 6. The van der Waals surface area contributed by atoms with Crippen molar-refractivity contribution in [2.45, 2.75) is 26.2 Å². The van der Waals surface area contributed by atoms with Gasteiger partial charge in [-0.3, -0.25) is 0 Å². The third kappa shape index (κ3) is 4.91. The zero-order valence-electron chi connectivity index (χ0n) is 18.3. The van der Waals surface area contributed by atoms with Gasteiger partial charge in [0.05, 0.1) is 17.7 Å². The van der Waals surface area contributed by atoms with Crippen molar-refractivity contribution >= 4 is 10.9 Å². The van der Waals surface area contributed by atoms with Crippen LogP contribution in [0, 0.1) is 42.0 Å². The van der Waals surface area contributed by atoms with E-state index in [1.165, 1.54) is 0 Å². The zero-order valence-corrected chi connectivity index (χ0v) is 18.3. The van der Waals surface area contributed by atoms with Gasteiger partial charge >= 0.3 is 0 Å². The molecule has 2 nitrogen and oxygen atoms in total. The zero-order chi connectivity index (χ0) is 24.2. The average Bonchev–Trinajstić information content (AvgIpc) is 3.12. The first-order valence-corrected chi connectivity index (χ1v) is 10.7. The first-order chi connectivity index (χ1) is 16.3. The lowest BCUT2D eigenvalue weighted by molar-refractivity contribution is 0.306. The molecule has 4 aromatic rings. The van der Waals surface area contributed by atoms with Gasteiger partial charge in [-0.05, 0) is 62.6 Å². The van der Waals surface area contributed by atoms with Gasteiger partial charge in [0.2, 0.25) is 0 Å². The molecule has 1 aromatic heterocycles. The van der Waals surface area contributed by atoms with E-state index in [2.05, 4.69) is 11.8 Å². The minimum absolute atomic E-state index is 0.0682. The number of aryl methyl sites for hydroxylation is 1. The molecule has 0 saturated carbocycles. The van der Waals surface area contributed by atoms with E-state index in [4.69, 9.17) is 4.74 Å². The SMILES string of the molecule is Cc1cc2cccc(C#Cc3ccc(OCCCCc4c(F)cc(F)c(F)c4F)cc3)c2n1F. The van der Waals surface area contributed by atoms with Crippen molar-refractivity contribution < 1.29 is 26.8 Å². The van der Waals surface area contributed by atoms with Crippen LogP contribution in [0.25, 0.3) is 10.9 Å². The number of para-hydroxylation sites is 1. The van der Waals surface area contributed by atoms with E-state index >= 15 is 0 Å². The lowest BCUT2D eigenvalue weighted by Gasteiger charge is -2.08. The number of hydrogen-bond donors (Lipinski definition) is 0. The lowest BCUT2D eigenvalue weighted by Crippen LogP contribution is -2.04. The molecule has 0 aliphatic rings. The Bertz CT molecular complexity index is 1400. The van der Waals surface area contributed by atoms with Crippen LogP contribution in [0.3, 0.4) is 0 Å². The van der Waals surface area contributed by atoms with Gasteiger partial charge in [0.15, 0.2) is 17.5 Å². The van der Waals surface area contributed by atoms with Gasteiger partial charge in [0, 0.05) is 28.3 Å². The molecule has 0 N–H and O–H groups in total. The van der Waals surface area contributed by atoms with E-state index in [9.17, 15) is 22.0 Å². The van der Waals surface area contributed by atoms with Gasteiger partial charge in [-0.25, -0.2) is 17.6 Å². The van der Waals surface area contributed by atoms with E-state index in [0.717, 1.165) is 10.9 Å². The highest BCUT2D eigenvalue weighted by molar-refractivity contribution is 5.86. The van der Waals surface area contributed by atoms with Crippen molar-refractivity contribution in [2.24, 2.45) is 0 Å². The summed E-state index contributed by atoms with van der Waals surface area (Å²) in [6.45, 7) is 1.97. The molecule has 0 unspecified atom stereocenters. The quantitative estimate of drug-likeness (QED) is 0.0971. The van der Waals surface area contributed by atoms with E-state index in [-0.39, 0.29) is 13.0 Å². The topological polar surface area (TPSA) is 14.2 Å². The number of unbranched alkanes of at least 4 members (excludes halogenated alkanes) is 1. The van der Waals surface area contributed by atoms with E-state index in [1.54, 1.807) is 43.3 Å². The van der Waals surface area contributed by atoms with Crippen molar-refractivity contribution in [3.8, 4) is 17.6 Å². The second-order valence-electron chi connectivity index (χ2n) is 7.84. The Morgan fingerprint density at radius 3 is 2.38 bits per heavy atom. The molecular weight excluding hydrogens is 449 g/mol. The summed E-state index contributed by atoms with van der Waals surface area (Å²) < 4.78 is 73.5. The maximum absolute atomic E-state index is 14.3. The third-order valence-corrected chi connectivity index (χ3v) is 5.43. The smallest absolute Gasteiger partial charge is 0.194 e. The Balaban J connectivity index is 1.32. The highest BCUT2D eigenvalue weighted by atomic mass is 19.2. The molecule has 1 heterocycles. The largest absolute Gasteiger partial charge is 0.494 e. The normalized spacial score (nSPS) is 10.9. The molecule has 0 radical (unpaired) electrons. The number of hydrogen-bond acceptors (Lipinski definition) is 1. The second kappa shape index (κ2) is 10.0. The second-order valence-corrected chi connectivity index (χ2v) is 7.84. The Hall–Kier alpha value is -3.79. The molecule has 0 fully saturated rings. The van der Waals surface area contributed by atoms with Crippen molar-refractivity contribution in [3.05, 3.63) is 100 Å². The molecule has 174 valence electrons. The van der Waals surface area contributed by atoms with Crippen molar-refractivity contribution in [1.29, 1.82) is 0 Å². The van der Waals surface area contributed by atoms with Gasteiger partial charge in [-0.15, -0.1) is 0 Å². The lowest BCUT2D eigenvalue weighted by atomic mass is 10.1. The van der Waals surface area contributed by atoms with E-state index in [1.807, 2.05) is 12.1 Å². The van der Waals surface area contributed by atoms with E-state index < -0.39 is 28.8 Å². The van der Waals surface area contributed by atoms with Crippen molar-refractivity contribution in [2.75, 3.05) is 6.61 Å². The summed E-state index contributed by atoms with van der Waals surface area (Å²) in [5.41, 5.74) is 1.79. The summed E-state index contributed by atoms with van der Waals surface area (Å²) in [7, 11) is 0. The van der Waals surface area contributed by atoms with Gasteiger partial charge in [-0.1, -0.05) is 28.5 Å². The monoisotopic (exact) mass is 469 g/mol. The van der Waals surface area contributed by atoms with Gasteiger partial charge in [0.25, 0.3) is 0 Å². The maximum Gasteiger partial charge on any atom is 0.194 e. The summed E-state index contributed by atoms with van der Waals surface area (Å²) in [5.74, 6) is 0.822. The highest BCUT2D eigenvalue weighted by Gasteiger charge is 2.18. The molecule has 0 saturated heterocycles. The fraction of sp³-hybridized carbons (Fsp3) is 0.185. The molecule has 0 aliphatic heterocycles.